The zero-order chi connectivity index (χ0) is 36.0. The lowest BCUT2D eigenvalue weighted by Crippen LogP contribution is -2.59. The second-order valence-corrected chi connectivity index (χ2v) is 18.2. The smallest absolute Gasteiger partial charge is 0.245 e. The molecular formula is C36H52N6O5S2. The fraction of sp³-hybridized carbons (Fsp3) is 0.556. The molecule has 6 N–H and O–H groups in total. The molecule has 13 heteroatoms. The van der Waals surface area contributed by atoms with Crippen molar-refractivity contribution in [1.29, 1.82) is 0 Å². The third-order valence-electron chi connectivity index (χ3n) is 8.47. The van der Waals surface area contributed by atoms with Crippen molar-refractivity contribution in [3.8, 4) is 0 Å². The van der Waals surface area contributed by atoms with Crippen LogP contribution in [0.5, 0.6) is 0 Å². The number of aliphatic hydroxyl groups is 1. The van der Waals surface area contributed by atoms with E-state index in [0.29, 0.717) is 12.4 Å². The van der Waals surface area contributed by atoms with Crippen LogP contribution in [0.25, 0.3) is 0 Å². The third kappa shape index (κ3) is 10.9. The topological polar surface area (TPSA) is 152 Å². The summed E-state index contributed by atoms with van der Waals surface area (Å²) < 4.78 is -0.990. The zero-order valence-electron chi connectivity index (χ0n) is 29.5. The number of benzene rings is 2. The van der Waals surface area contributed by atoms with E-state index in [-0.39, 0.29) is 53.4 Å². The van der Waals surface area contributed by atoms with Gasteiger partial charge >= 0.3 is 0 Å². The summed E-state index contributed by atoms with van der Waals surface area (Å²) in [6, 6.07) is 16.7. The summed E-state index contributed by atoms with van der Waals surface area (Å²) in [7, 11) is 0. The molecule has 2 aliphatic heterocycles. The minimum atomic E-state index is -0.959. The fourth-order valence-electron chi connectivity index (χ4n) is 6.11. The first-order chi connectivity index (χ1) is 22.9. The number of hydrogen-bond donors (Lipinski definition) is 6. The van der Waals surface area contributed by atoms with E-state index in [1.807, 2.05) is 114 Å². The Labute approximate surface area is 298 Å². The van der Waals surface area contributed by atoms with E-state index in [4.69, 9.17) is 0 Å². The average Bonchev–Trinajstić information content (AvgIpc) is 3.51. The highest BCUT2D eigenvalue weighted by Crippen LogP contribution is 2.40. The zero-order valence-corrected chi connectivity index (χ0v) is 31.2. The molecule has 2 aromatic rings. The quantitative estimate of drug-likeness (QED) is 0.184. The Morgan fingerprint density at radius 1 is 0.918 bits per heavy atom. The third-order valence-corrected chi connectivity index (χ3v) is 11.4. The number of nitrogens with one attached hydrogen (secondary N) is 5. The van der Waals surface area contributed by atoms with Crippen molar-refractivity contribution in [1.82, 2.24) is 31.5 Å². The maximum absolute atomic E-state index is 13.6. The molecule has 0 saturated carbocycles. The summed E-state index contributed by atoms with van der Waals surface area (Å²) in [4.78, 5) is 55.5. The Kier molecular flexibility index (Phi) is 12.9. The number of amides is 4. The molecule has 11 nitrogen and oxygen atoms in total. The van der Waals surface area contributed by atoms with Crippen molar-refractivity contribution in [2.75, 3.05) is 19.0 Å². The van der Waals surface area contributed by atoms with Gasteiger partial charge in [-0.05, 0) is 59.6 Å². The lowest BCUT2D eigenvalue weighted by molar-refractivity contribution is -0.129. The van der Waals surface area contributed by atoms with E-state index in [2.05, 4.69) is 26.6 Å². The lowest BCUT2D eigenvalue weighted by Gasteiger charge is -2.34. The van der Waals surface area contributed by atoms with Gasteiger partial charge in [0.15, 0.2) is 0 Å². The maximum Gasteiger partial charge on any atom is 0.245 e. The monoisotopic (exact) mass is 712 g/mol. The summed E-state index contributed by atoms with van der Waals surface area (Å²) in [6.07, 6.45) is -0.803. The standard InChI is InChI=1S/C36H52N6O5S2/c1-34(2,3)41-32(47)29-36(6,7)48-22-42(29)21-25(43)20-38-31(46)28-35(4,5)49-33(40-28)27(30(45)37-19-24-16-12-9-13-17-24)39-26(44)18-23-14-10-8-11-15-23/h8-17,25,27-29,33,40,43H,18-22H2,1-7H3,(H,37,45)(H,38,46)(H,39,44)(H,41,47)/t25?,27?,28-,29+,33+/m0/s1. The Morgan fingerprint density at radius 3 is 2.14 bits per heavy atom. The van der Waals surface area contributed by atoms with Gasteiger partial charge in [-0.1, -0.05) is 60.7 Å². The summed E-state index contributed by atoms with van der Waals surface area (Å²) >= 11 is 3.07. The summed E-state index contributed by atoms with van der Waals surface area (Å²) in [5, 5.41) is 25.5. The molecule has 2 unspecified atom stereocenters. The first-order valence-electron chi connectivity index (χ1n) is 16.7. The van der Waals surface area contributed by atoms with Crippen LogP contribution in [0.4, 0.5) is 0 Å². The minimum absolute atomic E-state index is 0.00751. The van der Waals surface area contributed by atoms with Gasteiger partial charge in [0.1, 0.15) is 18.1 Å². The van der Waals surface area contributed by atoms with Gasteiger partial charge in [0.2, 0.25) is 23.6 Å². The van der Waals surface area contributed by atoms with Crippen LogP contribution in [-0.4, -0.2) is 97.2 Å². The van der Waals surface area contributed by atoms with Crippen LogP contribution in [-0.2, 0) is 32.1 Å². The normalized spacial score (nSPS) is 22.9. The molecule has 2 fully saturated rings. The molecule has 0 bridgehead atoms. The van der Waals surface area contributed by atoms with E-state index < -0.39 is 34.4 Å². The summed E-state index contributed by atoms with van der Waals surface area (Å²) in [6.45, 7) is 14.2. The van der Waals surface area contributed by atoms with Crippen LogP contribution >= 0.6 is 23.5 Å². The molecule has 0 radical (unpaired) electrons. The van der Waals surface area contributed by atoms with Crippen LogP contribution in [0.15, 0.2) is 60.7 Å². The highest BCUT2D eigenvalue weighted by atomic mass is 32.2. The molecule has 49 heavy (non-hydrogen) atoms. The Bertz CT molecular complexity index is 1450. The fourth-order valence-corrected chi connectivity index (χ4v) is 8.77. The highest BCUT2D eigenvalue weighted by Gasteiger charge is 2.50. The molecule has 2 aromatic carbocycles. The number of nitrogens with zero attached hydrogens (tertiary/aromatic N) is 1. The van der Waals surface area contributed by atoms with E-state index in [1.165, 1.54) is 11.8 Å². The molecule has 4 rings (SSSR count). The number of carbonyl (C=O) groups excluding carboxylic acids is 4. The summed E-state index contributed by atoms with van der Waals surface area (Å²) in [5.74, 6) is -0.494. The molecule has 2 aliphatic rings. The number of thioether (sulfide) groups is 2. The second-order valence-electron chi connectivity index (χ2n) is 14.8. The molecule has 268 valence electrons. The van der Waals surface area contributed by atoms with Crippen molar-refractivity contribution in [2.45, 2.75) is 106 Å². The lowest BCUT2D eigenvalue weighted by atomic mass is 9.98. The van der Waals surface area contributed by atoms with Crippen molar-refractivity contribution >= 4 is 47.2 Å². The molecule has 5 atom stereocenters. The maximum atomic E-state index is 13.6. The SMILES string of the molecule is CC(C)(C)NC(=O)[C@H]1N(CC(O)CNC(=O)[C@@H]2N[C@@H](C(NC(=O)Cc3ccccc3)C(=O)NCc3ccccc3)SC2(C)C)CSC1(C)C. The molecule has 4 amide bonds. The molecule has 0 spiro atoms. The molecular weight excluding hydrogens is 661 g/mol. The van der Waals surface area contributed by atoms with Gasteiger partial charge in [-0.2, -0.15) is 0 Å². The van der Waals surface area contributed by atoms with Gasteiger partial charge in [-0.25, -0.2) is 0 Å². The number of rotatable bonds is 13. The number of β-amino-alcohol motifs (C(OH)–C–C–N with tert-alkyl or cyclic N) is 1. The highest BCUT2D eigenvalue weighted by molar-refractivity contribution is 8.01. The van der Waals surface area contributed by atoms with Crippen molar-refractivity contribution < 1.29 is 24.3 Å². The Morgan fingerprint density at radius 2 is 1.53 bits per heavy atom. The van der Waals surface area contributed by atoms with E-state index in [0.717, 1.165) is 11.1 Å². The van der Waals surface area contributed by atoms with Crippen molar-refractivity contribution in [3.05, 3.63) is 71.8 Å². The first kappa shape index (κ1) is 38.7. The van der Waals surface area contributed by atoms with Crippen molar-refractivity contribution in [2.24, 2.45) is 0 Å². The molecule has 2 heterocycles. The Hall–Kier alpha value is -3.10. The number of hydrogen-bond acceptors (Lipinski definition) is 9. The average molecular weight is 713 g/mol. The van der Waals surface area contributed by atoms with Crippen LogP contribution < -0.4 is 26.6 Å². The predicted octanol–water partition coefficient (Wildman–Crippen LogP) is 2.39. The van der Waals surface area contributed by atoms with E-state index >= 15 is 0 Å². The largest absolute Gasteiger partial charge is 0.390 e. The van der Waals surface area contributed by atoms with Gasteiger partial charge in [0.05, 0.1) is 17.9 Å². The van der Waals surface area contributed by atoms with Gasteiger partial charge in [-0.15, -0.1) is 23.5 Å². The van der Waals surface area contributed by atoms with Crippen LogP contribution in [0.1, 0.15) is 59.6 Å². The minimum Gasteiger partial charge on any atom is -0.390 e. The predicted molar refractivity (Wildman–Crippen MR) is 197 cm³/mol. The van der Waals surface area contributed by atoms with Crippen LogP contribution in [0.3, 0.4) is 0 Å². The van der Waals surface area contributed by atoms with Gasteiger partial charge in [-0.3, -0.25) is 29.4 Å². The van der Waals surface area contributed by atoms with Gasteiger partial charge < -0.3 is 26.4 Å². The molecule has 2 saturated heterocycles. The Balaban J connectivity index is 1.39. The summed E-state index contributed by atoms with van der Waals surface area (Å²) in [5.41, 5.74) is 1.36. The van der Waals surface area contributed by atoms with Gasteiger partial charge in [0.25, 0.3) is 0 Å². The van der Waals surface area contributed by atoms with E-state index in [9.17, 15) is 24.3 Å². The number of aliphatic hydroxyl groups excluding tert-OH is 1. The first-order valence-corrected chi connectivity index (χ1v) is 18.6. The van der Waals surface area contributed by atoms with Crippen LogP contribution in [0.2, 0.25) is 0 Å². The van der Waals surface area contributed by atoms with Crippen LogP contribution in [0, 0.1) is 0 Å². The second kappa shape index (κ2) is 16.3. The van der Waals surface area contributed by atoms with Crippen molar-refractivity contribution in [3.63, 3.8) is 0 Å². The molecule has 0 aliphatic carbocycles. The number of carbonyl (C=O) groups is 4. The van der Waals surface area contributed by atoms with E-state index in [1.54, 1.807) is 11.8 Å². The van der Waals surface area contributed by atoms with Gasteiger partial charge in [0, 0.05) is 40.5 Å². The molecule has 0 aromatic heterocycles.